The number of morpholine rings is 1. The van der Waals surface area contributed by atoms with Crippen molar-refractivity contribution in [1.82, 2.24) is 10.2 Å². The van der Waals surface area contributed by atoms with Gasteiger partial charge >= 0.3 is 0 Å². The van der Waals surface area contributed by atoms with Gasteiger partial charge in [-0.3, -0.25) is 20.3 Å². The molecule has 0 bridgehead atoms. The monoisotopic (exact) mass is 272 g/mol. The second-order valence-electron chi connectivity index (χ2n) is 6.12. The molecule has 2 aliphatic rings. The summed E-state index contributed by atoms with van der Waals surface area (Å²) >= 11 is 0. The first-order valence-electron chi connectivity index (χ1n) is 6.89. The van der Waals surface area contributed by atoms with E-state index in [1.165, 1.54) is 0 Å². The Morgan fingerprint density at radius 1 is 1.47 bits per heavy atom. The van der Waals surface area contributed by atoms with Crippen LogP contribution >= 0.6 is 0 Å². The summed E-state index contributed by atoms with van der Waals surface area (Å²) in [7, 11) is 0. The highest BCUT2D eigenvalue weighted by atomic mass is 16.6. The van der Waals surface area contributed by atoms with E-state index in [1.807, 2.05) is 13.8 Å². The summed E-state index contributed by atoms with van der Waals surface area (Å²) in [6, 6.07) is 0.352. The van der Waals surface area contributed by atoms with Crippen LogP contribution in [-0.4, -0.2) is 59.9 Å². The summed E-state index contributed by atoms with van der Waals surface area (Å²) in [6.45, 7) is 6.98. The van der Waals surface area contributed by atoms with E-state index in [1.54, 1.807) is 0 Å². The normalized spacial score (nSPS) is 34.2. The van der Waals surface area contributed by atoms with E-state index in [0.717, 1.165) is 19.5 Å². The van der Waals surface area contributed by atoms with Gasteiger partial charge in [-0.2, -0.15) is 0 Å². The Morgan fingerprint density at radius 3 is 2.74 bits per heavy atom. The van der Waals surface area contributed by atoms with Crippen molar-refractivity contribution >= 4 is 0 Å². The fourth-order valence-corrected chi connectivity index (χ4v) is 2.77. The number of hydrogen-bond donors (Lipinski definition) is 2. The summed E-state index contributed by atoms with van der Waals surface area (Å²) in [5, 5.41) is 13.7. The largest absolute Gasteiger partial charge is 0.374 e. The molecule has 0 aromatic heterocycles. The van der Waals surface area contributed by atoms with Crippen molar-refractivity contribution in [3.63, 3.8) is 0 Å². The molecule has 19 heavy (non-hydrogen) atoms. The van der Waals surface area contributed by atoms with Crippen LogP contribution in [0.25, 0.3) is 0 Å². The van der Waals surface area contributed by atoms with Crippen LogP contribution in [0.15, 0.2) is 0 Å². The summed E-state index contributed by atoms with van der Waals surface area (Å²) in [6.07, 6.45) is 0.885. The van der Waals surface area contributed by atoms with Crippen LogP contribution in [0, 0.1) is 10.1 Å². The predicted octanol–water partition coefficient (Wildman–Crippen LogP) is -0.221. The maximum atomic E-state index is 10.7. The second kappa shape index (κ2) is 5.70. The van der Waals surface area contributed by atoms with E-state index >= 15 is 0 Å². The molecular formula is C12H24N4O3. The molecule has 0 amide bonds. The third-order valence-corrected chi connectivity index (χ3v) is 4.06. The second-order valence-corrected chi connectivity index (χ2v) is 6.12. The van der Waals surface area contributed by atoms with E-state index in [2.05, 4.69) is 10.2 Å². The van der Waals surface area contributed by atoms with E-state index < -0.39 is 6.17 Å². The van der Waals surface area contributed by atoms with Gasteiger partial charge in [0.05, 0.1) is 12.7 Å². The van der Waals surface area contributed by atoms with E-state index in [-0.39, 0.29) is 16.6 Å². The van der Waals surface area contributed by atoms with Crippen LogP contribution in [0.4, 0.5) is 0 Å². The average molecular weight is 272 g/mol. The maximum absolute atomic E-state index is 10.7. The Morgan fingerprint density at radius 2 is 2.21 bits per heavy atom. The van der Waals surface area contributed by atoms with Crippen LogP contribution in [-0.2, 0) is 4.74 Å². The number of ether oxygens (including phenoxy) is 1. The molecule has 2 rings (SSSR count). The molecule has 110 valence electrons. The first-order chi connectivity index (χ1) is 8.88. The lowest BCUT2D eigenvalue weighted by atomic mass is 9.95. The molecule has 2 aliphatic heterocycles. The fraction of sp³-hybridized carbons (Fsp3) is 1.00. The zero-order valence-corrected chi connectivity index (χ0v) is 11.7. The number of nitro groups is 1. The topological polar surface area (TPSA) is 93.7 Å². The van der Waals surface area contributed by atoms with Gasteiger partial charge in [0.25, 0.3) is 6.17 Å². The third-order valence-electron chi connectivity index (χ3n) is 4.06. The quantitative estimate of drug-likeness (QED) is 0.545. The van der Waals surface area contributed by atoms with Gasteiger partial charge < -0.3 is 10.5 Å². The molecule has 0 aromatic carbocycles. The van der Waals surface area contributed by atoms with Crippen molar-refractivity contribution in [3.05, 3.63) is 10.1 Å². The minimum Gasteiger partial charge on any atom is -0.374 e. The zero-order valence-electron chi connectivity index (χ0n) is 11.7. The van der Waals surface area contributed by atoms with Gasteiger partial charge in [-0.05, 0) is 20.3 Å². The highest BCUT2D eigenvalue weighted by Crippen LogP contribution is 2.21. The number of rotatable bonds is 3. The van der Waals surface area contributed by atoms with Gasteiger partial charge in [0.1, 0.15) is 0 Å². The first kappa shape index (κ1) is 14.6. The van der Waals surface area contributed by atoms with Crippen molar-refractivity contribution in [2.45, 2.75) is 50.5 Å². The SMILES string of the molecule is CC(C)(N)C1CN(C2CCC([N+](=O)[O-])NC2)CCO1. The Bertz CT molecular complexity index is 323. The van der Waals surface area contributed by atoms with E-state index in [4.69, 9.17) is 10.5 Å². The van der Waals surface area contributed by atoms with Gasteiger partial charge in [-0.25, -0.2) is 0 Å². The summed E-state index contributed by atoms with van der Waals surface area (Å²) in [5.74, 6) is 0. The molecule has 0 spiro atoms. The third kappa shape index (κ3) is 3.62. The van der Waals surface area contributed by atoms with E-state index in [9.17, 15) is 10.1 Å². The maximum Gasteiger partial charge on any atom is 0.266 e. The van der Waals surface area contributed by atoms with Crippen LogP contribution < -0.4 is 11.1 Å². The van der Waals surface area contributed by atoms with Crippen molar-refractivity contribution in [3.8, 4) is 0 Å². The molecule has 3 N–H and O–H groups in total. The molecule has 2 saturated heterocycles. The highest BCUT2D eigenvalue weighted by Gasteiger charge is 2.36. The predicted molar refractivity (Wildman–Crippen MR) is 71.4 cm³/mol. The van der Waals surface area contributed by atoms with Crippen molar-refractivity contribution in [2.75, 3.05) is 26.2 Å². The Hall–Kier alpha value is -0.760. The van der Waals surface area contributed by atoms with Gasteiger partial charge in [-0.15, -0.1) is 0 Å². The molecule has 7 nitrogen and oxygen atoms in total. The molecule has 7 heteroatoms. The molecule has 2 fully saturated rings. The highest BCUT2D eigenvalue weighted by molar-refractivity contribution is 4.91. The van der Waals surface area contributed by atoms with E-state index in [0.29, 0.717) is 25.6 Å². The molecule has 0 aromatic rings. The first-order valence-corrected chi connectivity index (χ1v) is 6.89. The number of nitrogens with zero attached hydrogens (tertiary/aromatic N) is 2. The van der Waals surface area contributed by atoms with Crippen molar-refractivity contribution < 1.29 is 9.66 Å². The lowest BCUT2D eigenvalue weighted by Gasteiger charge is -2.43. The molecule has 0 radical (unpaired) electrons. The van der Waals surface area contributed by atoms with Crippen molar-refractivity contribution in [2.24, 2.45) is 5.73 Å². The van der Waals surface area contributed by atoms with Crippen LogP contribution in [0.3, 0.4) is 0 Å². The smallest absolute Gasteiger partial charge is 0.266 e. The molecule has 0 aliphatic carbocycles. The lowest BCUT2D eigenvalue weighted by molar-refractivity contribution is -0.532. The lowest BCUT2D eigenvalue weighted by Crippen LogP contribution is -2.60. The summed E-state index contributed by atoms with van der Waals surface area (Å²) in [5.41, 5.74) is 5.75. The number of piperidine rings is 1. The van der Waals surface area contributed by atoms with Gasteiger partial charge in [0, 0.05) is 42.6 Å². The Balaban J connectivity index is 1.87. The minimum absolute atomic E-state index is 0.0227. The van der Waals surface area contributed by atoms with Crippen molar-refractivity contribution in [1.29, 1.82) is 0 Å². The molecule has 3 unspecified atom stereocenters. The summed E-state index contributed by atoms with van der Waals surface area (Å²) < 4.78 is 5.73. The van der Waals surface area contributed by atoms with Gasteiger partial charge in [0.15, 0.2) is 0 Å². The fourth-order valence-electron chi connectivity index (χ4n) is 2.77. The number of nitrogens with two attached hydrogens (primary N) is 1. The van der Waals surface area contributed by atoms with Crippen LogP contribution in [0.1, 0.15) is 26.7 Å². The molecular weight excluding hydrogens is 248 g/mol. The molecule has 3 atom stereocenters. The molecule has 2 heterocycles. The molecule has 0 saturated carbocycles. The average Bonchev–Trinajstić information content (AvgIpc) is 2.38. The Kier molecular flexibility index (Phi) is 4.39. The van der Waals surface area contributed by atoms with Gasteiger partial charge in [-0.1, -0.05) is 0 Å². The Labute approximate surface area is 113 Å². The summed E-state index contributed by atoms with van der Waals surface area (Å²) in [4.78, 5) is 12.8. The minimum atomic E-state index is -0.584. The van der Waals surface area contributed by atoms with Gasteiger partial charge in [0.2, 0.25) is 0 Å². The van der Waals surface area contributed by atoms with Crippen LogP contribution in [0.5, 0.6) is 0 Å². The van der Waals surface area contributed by atoms with Crippen LogP contribution in [0.2, 0.25) is 0 Å². The standard InChI is InChI=1S/C12H24N4O3/c1-12(2,13)10-8-15(5-6-19-10)9-3-4-11(14-7-9)16(17)18/h9-11,14H,3-8,13H2,1-2H3. The zero-order chi connectivity index (χ0) is 14.0. The number of nitrogens with one attached hydrogen (secondary N) is 1. The number of hydrogen-bond acceptors (Lipinski definition) is 6.